The summed E-state index contributed by atoms with van der Waals surface area (Å²) in [7, 11) is 0. The number of carbonyl (C=O) groups excluding carboxylic acids is 1. The highest BCUT2D eigenvalue weighted by atomic mass is 79.9. The molecule has 6 heteroatoms. The molecule has 2 aromatic rings. The summed E-state index contributed by atoms with van der Waals surface area (Å²) in [5.41, 5.74) is 0. The van der Waals surface area contributed by atoms with E-state index in [2.05, 4.69) is 26.2 Å². The van der Waals surface area contributed by atoms with Crippen LogP contribution in [0, 0.1) is 0 Å². The van der Waals surface area contributed by atoms with E-state index >= 15 is 0 Å². The topological polar surface area (TPSA) is 42.0 Å². The first kappa shape index (κ1) is 11.5. The summed E-state index contributed by atoms with van der Waals surface area (Å²) >= 11 is 6.33. The second-order valence-corrected chi connectivity index (χ2v) is 6.19. The van der Waals surface area contributed by atoms with Gasteiger partial charge in [0.05, 0.1) is 3.79 Å². The van der Waals surface area contributed by atoms with Gasteiger partial charge in [-0.3, -0.25) is 10.1 Å². The molecule has 0 radical (unpaired) electrons. The molecule has 0 aliphatic heterocycles. The van der Waals surface area contributed by atoms with E-state index in [9.17, 15) is 4.79 Å². The number of thiazole rings is 1. The van der Waals surface area contributed by atoms with E-state index in [0.29, 0.717) is 5.13 Å². The van der Waals surface area contributed by atoms with Crippen LogP contribution in [0.4, 0.5) is 5.13 Å². The third kappa shape index (κ3) is 3.26. The van der Waals surface area contributed by atoms with Gasteiger partial charge in [-0.1, -0.05) is 0 Å². The number of anilines is 1. The SMILES string of the molecule is O=C(C=Cc1ccc(Br)s1)Nc1nccs1. The standard InChI is InChI=1S/C10H7BrN2OS2/c11-8-3-1-7(16-8)2-4-9(14)13-10-12-5-6-15-10/h1-6H,(H,12,13,14). The van der Waals surface area contributed by atoms with Crippen LogP contribution >= 0.6 is 38.6 Å². The molecule has 2 rings (SSSR count). The van der Waals surface area contributed by atoms with Gasteiger partial charge in [0.15, 0.2) is 5.13 Å². The molecule has 1 amide bonds. The Labute approximate surface area is 109 Å². The molecule has 0 spiro atoms. The summed E-state index contributed by atoms with van der Waals surface area (Å²) in [6, 6.07) is 3.89. The molecule has 0 saturated carbocycles. The van der Waals surface area contributed by atoms with Gasteiger partial charge >= 0.3 is 0 Å². The third-order valence-electron chi connectivity index (χ3n) is 1.66. The molecule has 82 valence electrons. The van der Waals surface area contributed by atoms with Crippen molar-refractivity contribution in [3.8, 4) is 0 Å². The van der Waals surface area contributed by atoms with Crippen molar-refractivity contribution in [2.75, 3.05) is 5.32 Å². The maximum absolute atomic E-state index is 11.5. The molecule has 0 aliphatic carbocycles. The number of carbonyl (C=O) groups is 1. The van der Waals surface area contributed by atoms with Gasteiger partial charge in [-0.2, -0.15) is 0 Å². The molecular formula is C10H7BrN2OS2. The number of amides is 1. The molecule has 16 heavy (non-hydrogen) atoms. The molecule has 2 aromatic heterocycles. The molecule has 0 unspecified atom stereocenters. The van der Waals surface area contributed by atoms with Crippen LogP contribution in [0.3, 0.4) is 0 Å². The van der Waals surface area contributed by atoms with Crippen molar-refractivity contribution in [2.45, 2.75) is 0 Å². The molecule has 2 heterocycles. The summed E-state index contributed by atoms with van der Waals surface area (Å²) < 4.78 is 1.05. The Morgan fingerprint density at radius 1 is 1.50 bits per heavy atom. The molecule has 1 N–H and O–H groups in total. The zero-order valence-corrected chi connectivity index (χ0v) is 11.2. The lowest BCUT2D eigenvalue weighted by Crippen LogP contribution is -2.06. The van der Waals surface area contributed by atoms with E-state index in [0.717, 1.165) is 8.66 Å². The van der Waals surface area contributed by atoms with Crippen LogP contribution in [0.1, 0.15) is 4.88 Å². The number of nitrogens with one attached hydrogen (secondary N) is 1. The van der Waals surface area contributed by atoms with Crippen molar-refractivity contribution >= 4 is 55.7 Å². The first-order valence-electron chi connectivity index (χ1n) is 4.38. The van der Waals surface area contributed by atoms with Crippen molar-refractivity contribution in [2.24, 2.45) is 0 Å². The number of halogens is 1. The van der Waals surface area contributed by atoms with Crippen LogP contribution in [0.15, 0.2) is 33.6 Å². The molecule has 0 fully saturated rings. The zero-order chi connectivity index (χ0) is 11.4. The molecular weight excluding hydrogens is 308 g/mol. The van der Waals surface area contributed by atoms with Gasteiger partial charge in [-0.25, -0.2) is 4.98 Å². The van der Waals surface area contributed by atoms with E-state index in [1.165, 1.54) is 17.4 Å². The van der Waals surface area contributed by atoms with Crippen LogP contribution in [0.25, 0.3) is 6.08 Å². The lowest BCUT2D eigenvalue weighted by atomic mass is 10.4. The van der Waals surface area contributed by atoms with Crippen molar-refractivity contribution in [3.05, 3.63) is 38.4 Å². The monoisotopic (exact) mass is 314 g/mol. The highest BCUT2D eigenvalue weighted by Crippen LogP contribution is 2.23. The van der Waals surface area contributed by atoms with Crippen LogP contribution in [0.2, 0.25) is 0 Å². The molecule has 0 saturated heterocycles. The van der Waals surface area contributed by atoms with E-state index in [-0.39, 0.29) is 5.91 Å². The Morgan fingerprint density at radius 2 is 2.38 bits per heavy atom. The van der Waals surface area contributed by atoms with Crippen molar-refractivity contribution in [1.82, 2.24) is 4.98 Å². The fourth-order valence-electron chi connectivity index (χ4n) is 1.01. The van der Waals surface area contributed by atoms with Crippen LogP contribution < -0.4 is 5.32 Å². The fraction of sp³-hybridized carbons (Fsp3) is 0. The number of nitrogens with zero attached hydrogens (tertiary/aromatic N) is 1. The van der Waals surface area contributed by atoms with Gasteiger partial charge in [0.25, 0.3) is 0 Å². The number of hydrogen-bond donors (Lipinski definition) is 1. The highest BCUT2D eigenvalue weighted by Gasteiger charge is 1.99. The molecule has 0 bridgehead atoms. The third-order valence-corrected chi connectivity index (χ3v) is 3.93. The predicted molar refractivity (Wildman–Crippen MR) is 71.8 cm³/mol. The molecule has 0 aromatic carbocycles. The Balaban J connectivity index is 1.94. The first-order valence-corrected chi connectivity index (χ1v) is 6.87. The average Bonchev–Trinajstić information content (AvgIpc) is 2.87. The van der Waals surface area contributed by atoms with Crippen molar-refractivity contribution in [1.29, 1.82) is 0 Å². The van der Waals surface area contributed by atoms with Crippen LogP contribution in [-0.2, 0) is 4.79 Å². The van der Waals surface area contributed by atoms with Gasteiger partial charge in [0.1, 0.15) is 0 Å². The predicted octanol–water partition coefficient (Wildman–Crippen LogP) is 3.62. The first-order chi connectivity index (χ1) is 7.74. The quantitative estimate of drug-likeness (QED) is 0.879. The van der Waals surface area contributed by atoms with Gasteiger partial charge in [0.2, 0.25) is 5.91 Å². The Morgan fingerprint density at radius 3 is 3.00 bits per heavy atom. The molecule has 0 atom stereocenters. The summed E-state index contributed by atoms with van der Waals surface area (Å²) in [6.07, 6.45) is 4.93. The smallest absolute Gasteiger partial charge is 0.250 e. The maximum Gasteiger partial charge on any atom is 0.250 e. The van der Waals surface area contributed by atoms with E-state index in [1.54, 1.807) is 23.6 Å². The van der Waals surface area contributed by atoms with Gasteiger partial charge < -0.3 is 0 Å². The maximum atomic E-state index is 11.5. The Kier molecular flexibility index (Phi) is 3.87. The molecule has 3 nitrogen and oxygen atoms in total. The Hall–Kier alpha value is -0.980. The number of aromatic nitrogens is 1. The van der Waals surface area contributed by atoms with Crippen LogP contribution in [0.5, 0.6) is 0 Å². The lowest BCUT2D eigenvalue weighted by molar-refractivity contribution is -0.111. The fourth-order valence-corrected chi connectivity index (χ4v) is 2.87. The number of thiophene rings is 1. The minimum Gasteiger partial charge on any atom is -0.298 e. The largest absolute Gasteiger partial charge is 0.298 e. The number of hydrogen-bond acceptors (Lipinski definition) is 4. The number of rotatable bonds is 3. The summed E-state index contributed by atoms with van der Waals surface area (Å²) in [6.45, 7) is 0. The Bertz CT molecular complexity index is 505. The normalized spacial score (nSPS) is 10.8. The minimum atomic E-state index is -0.167. The summed E-state index contributed by atoms with van der Waals surface area (Å²) in [5, 5.41) is 5.10. The second kappa shape index (κ2) is 5.38. The second-order valence-electron chi connectivity index (χ2n) is 2.80. The van der Waals surface area contributed by atoms with Gasteiger partial charge in [-0.15, -0.1) is 22.7 Å². The average molecular weight is 315 g/mol. The summed E-state index contributed by atoms with van der Waals surface area (Å²) in [4.78, 5) is 16.4. The lowest BCUT2D eigenvalue weighted by Gasteiger charge is -1.94. The van der Waals surface area contributed by atoms with Gasteiger partial charge in [0, 0.05) is 22.5 Å². The van der Waals surface area contributed by atoms with Crippen molar-refractivity contribution < 1.29 is 4.79 Å². The van der Waals surface area contributed by atoms with E-state index < -0.39 is 0 Å². The van der Waals surface area contributed by atoms with E-state index in [1.807, 2.05) is 17.5 Å². The zero-order valence-electron chi connectivity index (χ0n) is 8.01. The highest BCUT2D eigenvalue weighted by molar-refractivity contribution is 9.11. The van der Waals surface area contributed by atoms with E-state index in [4.69, 9.17) is 0 Å². The summed E-state index contributed by atoms with van der Waals surface area (Å²) in [5.74, 6) is -0.167. The van der Waals surface area contributed by atoms with Crippen molar-refractivity contribution in [3.63, 3.8) is 0 Å². The molecule has 0 aliphatic rings. The van der Waals surface area contributed by atoms with Crippen LogP contribution in [-0.4, -0.2) is 10.9 Å². The minimum absolute atomic E-state index is 0.167. The van der Waals surface area contributed by atoms with Gasteiger partial charge in [-0.05, 0) is 34.1 Å².